The minimum absolute atomic E-state index is 0.207. The van der Waals surface area contributed by atoms with Crippen molar-refractivity contribution in [3.63, 3.8) is 0 Å². The van der Waals surface area contributed by atoms with Crippen molar-refractivity contribution >= 4 is 5.78 Å². The van der Waals surface area contributed by atoms with Crippen LogP contribution in [-0.2, 0) is 13.0 Å². The summed E-state index contributed by atoms with van der Waals surface area (Å²) in [5.74, 6) is 1.30. The van der Waals surface area contributed by atoms with E-state index >= 15 is 0 Å². The van der Waals surface area contributed by atoms with E-state index in [-0.39, 0.29) is 18.3 Å². The summed E-state index contributed by atoms with van der Waals surface area (Å²) in [6.45, 7) is 5.84. The molecule has 3 rings (SSSR count). The minimum Gasteiger partial charge on any atom is -0.495 e. The van der Waals surface area contributed by atoms with E-state index in [2.05, 4.69) is 6.92 Å². The molecular weight excluding hydrogens is 344 g/mol. The van der Waals surface area contributed by atoms with E-state index in [1.165, 1.54) is 7.11 Å². The van der Waals surface area contributed by atoms with E-state index in [1.54, 1.807) is 19.2 Å². The predicted octanol–water partition coefficient (Wildman–Crippen LogP) is 3.78. The molecule has 0 bridgehead atoms. The van der Waals surface area contributed by atoms with Crippen LogP contribution in [0.25, 0.3) is 0 Å². The van der Waals surface area contributed by atoms with E-state index < -0.39 is 5.60 Å². The SMILES string of the molecule is COc1c(CO)c2c(c(OC)c1C(=O)c1ccccc1)CC(C)C(C)(C)O2. The molecule has 1 aliphatic heterocycles. The molecule has 2 aromatic rings. The summed E-state index contributed by atoms with van der Waals surface area (Å²) in [6, 6.07) is 8.98. The Labute approximate surface area is 159 Å². The van der Waals surface area contributed by atoms with Gasteiger partial charge in [0.15, 0.2) is 0 Å². The molecule has 2 aromatic carbocycles. The third-order valence-electron chi connectivity index (χ3n) is 5.44. The maximum absolute atomic E-state index is 13.3. The van der Waals surface area contributed by atoms with Gasteiger partial charge in [-0.3, -0.25) is 4.79 Å². The third kappa shape index (κ3) is 3.16. The van der Waals surface area contributed by atoms with Crippen molar-refractivity contribution in [2.75, 3.05) is 14.2 Å². The quantitative estimate of drug-likeness (QED) is 0.812. The lowest BCUT2D eigenvalue weighted by Gasteiger charge is -2.40. The normalized spacial score (nSPS) is 17.6. The van der Waals surface area contributed by atoms with Crippen LogP contribution in [0.5, 0.6) is 17.2 Å². The molecule has 0 fully saturated rings. The van der Waals surface area contributed by atoms with Gasteiger partial charge in [-0.15, -0.1) is 0 Å². The number of rotatable bonds is 5. The number of methoxy groups -OCH3 is 2. The van der Waals surface area contributed by atoms with Crippen molar-refractivity contribution in [1.29, 1.82) is 0 Å². The lowest BCUT2D eigenvalue weighted by Crippen LogP contribution is -2.41. The molecule has 0 radical (unpaired) electrons. The molecule has 5 heteroatoms. The number of benzene rings is 2. The van der Waals surface area contributed by atoms with Gasteiger partial charge in [0.05, 0.1) is 26.4 Å². The summed E-state index contributed by atoms with van der Waals surface area (Å²) in [7, 11) is 3.03. The van der Waals surface area contributed by atoms with Crippen LogP contribution in [0.2, 0.25) is 0 Å². The van der Waals surface area contributed by atoms with Crippen LogP contribution < -0.4 is 14.2 Å². The lowest BCUT2D eigenvalue weighted by atomic mass is 9.81. The number of hydrogen-bond donors (Lipinski definition) is 1. The molecular formula is C22H26O5. The number of aliphatic hydroxyl groups excluding tert-OH is 1. The molecule has 1 atom stereocenters. The Morgan fingerprint density at radius 1 is 1.19 bits per heavy atom. The molecule has 0 spiro atoms. The van der Waals surface area contributed by atoms with Crippen LogP contribution in [0, 0.1) is 5.92 Å². The van der Waals surface area contributed by atoms with Crippen LogP contribution in [0.4, 0.5) is 0 Å². The highest BCUT2D eigenvalue weighted by Crippen LogP contribution is 2.50. The molecule has 5 nitrogen and oxygen atoms in total. The van der Waals surface area contributed by atoms with Crippen LogP contribution in [0.1, 0.15) is 47.8 Å². The Morgan fingerprint density at radius 2 is 1.81 bits per heavy atom. The highest BCUT2D eigenvalue weighted by molar-refractivity contribution is 6.13. The Kier molecular flexibility index (Phi) is 5.16. The first-order valence-electron chi connectivity index (χ1n) is 9.05. The van der Waals surface area contributed by atoms with Crippen LogP contribution >= 0.6 is 0 Å². The monoisotopic (exact) mass is 370 g/mol. The van der Waals surface area contributed by atoms with Crippen molar-refractivity contribution in [3.8, 4) is 17.2 Å². The van der Waals surface area contributed by atoms with Gasteiger partial charge in [-0.25, -0.2) is 0 Å². The van der Waals surface area contributed by atoms with E-state index in [0.717, 1.165) is 5.56 Å². The first kappa shape index (κ1) is 19.2. The zero-order valence-electron chi connectivity index (χ0n) is 16.5. The number of ether oxygens (including phenoxy) is 3. The summed E-state index contributed by atoms with van der Waals surface area (Å²) >= 11 is 0. The van der Waals surface area contributed by atoms with Gasteiger partial charge >= 0.3 is 0 Å². The van der Waals surface area contributed by atoms with Crippen molar-refractivity contribution in [2.24, 2.45) is 5.92 Å². The third-order valence-corrected chi connectivity index (χ3v) is 5.44. The molecule has 0 amide bonds. The second kappa shape index (κ2) is 7.24. The van der Waals surface area contributed by atoms with Gasteiger partial charge in [0.1, 0.15) is 28.4 Å². The minimum atomic E-state index is -0.405. The standard InChI is InChI=1S/C22H26O5/c1-13-11-15-19(27-22(13,2)3)16(12-23)21(26-5)17(20(15)25-4)18(24)14-9-7-6-8-10-14/h6-10,13,23H,11-12H2,1-5H3. The lowest BCUT2D eigenvalue weighted by molar-refractivity contribution is 0.0316. The number of fused-ring (bicyclic) bond motifs is 1. The fourth-order valence-corrected chi connectivity index (χ4v) is 3.55. The fraction of sp³-hybridized carbons (Fsp3) is 0.409. The number of carbonyl (C=O) groups excluding carboxylic acids is 1. The number of aliphatic hydroxyl groups is 1. The Balaban J connectivity index is 2.32. The molecule has 144 valence electrons. The molecule has 1 heterocycles. The molecule has 0 saturated carbocycles. The van der Waals surface area contributed by atoms with Crippen molar-refractivity contribution in [3.05, 3.63) is 52.6 Å². The van der Waals surface area contributed by atoms with Gasteiger partial charge in [-0.1, -0.05) is 37.3 Å². The van der Waals surface area contributed by atoms with Crippen LogP contribution in [-0.4, -0.2) is 30.7 Å². The summed E-state index contributed by atoms with van der Waals surface area (Å²) in [5.41, 5.74) is 1.73. The second-order valence-electron chi connectivity index (χ2n) is 7.39. The van der Waals surface area contributed by atoms with Gasteiger partial charge in [0.25, 0.3) is 0 Å². The van der Waals surface area contributed by atoms with E-state index in [0.29, 0.717) is 40.4 Å². The second-order valence-corrected chi connectivity index (χ2v) is 7.39. The predicted molar refractivity (Wildman–Crippen MR) is 103 cm³/mol. The number of ketones is 1. The van der Waals surface area contributed by atoms with Gasteiger partial charge in [-0.2, -0.15) is 0 Å². The molecule has 27 heavy (non-hydrogen) atoms. The van der Waals surface area contributed by atoms with Crippen molar-refractivity contribution in [2.45, 2.75) is 39.4 Å². The first-order valence-corrected chi connectivity index (χ1v) is 9.05. The highest BCUT2D eigenvalue weighted by Gasteiger charge is 2.40. The van der Waals surface area contributed by atoms with E-state index in [4.69, 9.17) is 14.2 Å². The Hall–Kier alpha value is -2.53. The fourth-order valence-electron chi connectivity index (χ4n) is 3.55. The van der Waals surface area contributed by atoms with Crippen molar-refractivity contribution < 1.29 is 24.1 Å². The molecule has 1 N–H and O–H groups in total. The molecule has 0 aliphatic carbocycles. The average Bonchev–Trinajstić information content (AvgIpc) is 2.67. The zero-order valence-corrected chi connectivity index (χ0v) is 16.5. The van der Waals surface area contributed by atoms with Gasteiger partial charge in [0.2, 0.25) is 5.78 Å². The Bertz CT molecular complexity index is 855. The van der Waals surface area contributed by atoms with Gasteiger partial charge < -0.3 is 19.3 Å². The summed E-state index contributed by atoms with van der Waals surface area (Å²) in [6.07, 6.45) is 0.678. The van der Waals surface area contributed by atoms with Gasteiger partial charge in [0, 0.05) is 11.1 Å². The highest BCUT2D eigenvalue weighted by atomic mass is 16.5. The van der Waals surface area contributed by atoms with E-state index in [1.807, 2.05) is 32.0 Å². The maximum atomic E-state index is 13.3. The smallest absolute Gasteiger partial charge is 0.200 e. The van der Waals surface area contributed by atoms with Crippen molar-refractivity contribution in [1.82, 2.24) is 0 Å². The molecule has 1 aliphatic rings. The Morgan fingerprint density at radius 3 is 2.37 bits per heavy atom. The largest absolute Gasteiger partial charge is 0.495 e. The van der Waals surface area contributed by atoms with Crippen LogP contribution in [0.15, 0.2) is 30.3 Å². The molecule has 0 saturated heterocycles. The maximum Gasteiger partial charge on any atom is 0.200 e. The number of hydrogen-bond acceptors (Lipinski definition) is 5. The zero-order chi connectivity index (χ0) is 19.8. The summed E-state index contributed by atoms with van der Waals surface area (Å²) in [5, 5.41) is 10.1. The summed E-state index contributed by atoms with van der Waals surface area (Å²) < 4.78 is 17.5. The van der Waals surface area contributed by atoms with E-state index in [9.17, 15) is 9.90 Å². The molecule has 0 aromatic heterocycles. The topological polar surface area (TPSA) is 65.0 Å². The van der Waals surface area contributed by atoms with Crippen LogP contribution in [0.3, 0.4) is 0 Å². The average molecular weight is 370 g/mol. The number of carbonyl (C=O) groups is 1. The molecule has 1 unspecified atom stereocenters. The summed E-state index contributed by atoms with van der Waals surface area (Å²) in [4.78, 5) is 13.3. The van der Waals surface area contributed by atoms with Gasteiger partial charge in [-0.05, 0) is 26.2 Å². The first-order chi connectivity index (χ1) is 12.9.